The van der Waals surface area contributed by atoms with Crippen molar-refractivity contribution < 1.29 is 4.79 Å². The maximum absolute atomic E-state index is 12.9. The predicted molar refractivity (Wildman–Crippen MR) is 102 cm³/mol. The summed E-state index contributed by atoms with van der Waals surface area (Å²) in [5.74, 6) is 0.0844. The van der Waals surface area contributed by atoms with Crippen molar-refractivity contribution in [1.29, 1.82) is 0 Å². The number of carbonyl (C=O) groups excluding carboxylic acids is 1. The van der Waals surface area contributed by atoms with Gasteiger partial charge in [0.05, 0.1) is 0 Å². The second-order valence-electron chi connectivity index (χ2n) is 7.51. The van der Waals surface area contributed by atoms with E-state index in [4.69, 9.17) is 0 Å². The summed E-state index contributed by atoms with van der Waals surface area (Å²) < 4.78 is 0. The van der Waals surface area contributed by atoms with Gasteiger partial charge in [0.1, 0.15) is 0 Å². The van der Waals surface area contributed by atoms with Crippen molar-refractivity contribution in [3.8, 4) is 0 Å². The second kappa shape index (κ2) is 5.66. The molecule has 0 amide bonds. The fourth-order valence-electron chi connectivity index (χ4n) is 3.50. The first-order valence-corrected chi connectivity index (χ1v) is 8.43. The minimum Gasteiger partial charge on any atom is -0.378 e. The summed E-state index contributed by atoms with van der Waals surface area (Å²) in [6.07, 6.45) is 0. The van der Waals surface area contributed by atoms with Gasteiger partial charge < -0.3 is 9.80 Å². The number of anilines is 2. The van der Waals surface area contributed by atoms with Crippen molar-refractivity contribution in [1.82, 2.24) is 0 Å². The maximum Gasteiger partial charge on any atom is 0.193 e. The molecule has 0 spiro atoms. The third-order valence-electron chi connectivity index (χ3n) is 5.60. The first-order valence-electron chi connectivity index (χ1n) is 8.43. The zero-order chi connectivity index (χ0) is 17.6. The zero-order valence-corrected chi connectivity index (χ0v) is 15.4. The number of hydrogen-bond donors (Lipinski definition) is 0. The molecule has 1 heterocycles. The molecule has 2 aromatic carbocycles. The van der Waals surface area contributed by atoms with Crippen molar-refractivity contribution in [2.45, 2.75) is 32.2 Å². The molecule has 0 radical (unpaired) electrons. The van der Waals surface area contributed by atoms with Gasteiger partial charge in [0.15, 0.2) is 5.78 Å². The highest BCUT2D eigenvalue weighted by molar-refractivity contribution is 6.09. The molecule has 0 N–H and O–H groups in total. The molecule has 3 nitrogen and oxygen atoms in total. The largest absolute Gasteiger partial charge is 0.378 e. The van der Waals surface area contributed by atoms with Crippen LogP contribution in [0, 0.1) is 0 Å². The zero-order valence-electron chi connectivity index (χ0n) is 15.4. The lowest BCUT2D eigenvalue weighted by molar-refractivity contribution is 0.103. The van der Waals surface area contributed by atoms with Crippen LogP contribution in [0.5, 0.6) is 0 Å². The van der Waals surface area contributed by atoms with E-state index in [1.165, 1.54) is 11.3 Å². The lowest BCUT2D eigenvalue weighted by Gasteiger charge is -2.28. The van der Waals surface area contributed by atoms with Crippen molar-refractivity contribution in [2.24, 2.45) is 0 Å². The third-order valence-corrected chi connectivity index (χ3v) is 5.60. The molecule has 1 atom stereocenters. The van der Waals surface area contributed by atoms with Crippen molar-refractivity contribution >= 4 is 17.2 Å². The van der Waals surface area contributed by atoms with Crippen LogP contribution in [0.3, 0.4) is 0 Å². The molecule has 1 aliphatic heterocycles. The Morgan fingerprint density at radius 2 is 1.62 bits per heavy atom. The summed E-state index contributed by atoms with van der Waals surface area (Å²) in [6, 6.07) is 14.3. The van der Waals surface area contributed by atoms with Gasteiger partial charge in [0.25, 0.3) is 0 Å². The molecule has 3 rings (SSSR count). The van der Waals surface area contributed by atoms with Gasteiger partial charge in [-0.25, -0.2) is 0 Å². The normalized spacial score (nSPS) is 18.4. The van der Waals surface area contributed by atoms with Gasteiger partial charge in [-0.3, -0.25) is 4.79 Å². The van der Waals surface area contributed by atoms with Crippen LogP contribution in [-0.2, 0) is 5.41 Å². The lowest BCUT2D eigenvalue weighted by Crippen LogP contribution is -2.36. The Balaban J connectivity index is 1.97. The molecule has 1 unspecified atom stereocenters. The molecule has 0 saturated heterocycles. The smallest absolute Gasteiger partial charge is 0.193 e. The summed E-state index contributed by atoms with van der Waals surface area (Å²) in [4.78, 5) is 17.2. The number of fused-ring (bicyclic) bond motifs is 1. The molecular weight excluding hydrogens is 296 g/mol. The Morgan fingerprint density at radius 3 is 2.21 bits per heavy atom. The van der Waals surface area contributed by atoms with E-state index in [9.17, 15) is 4.79 Å². The minimum absolute atomic E-state index is 0.0369. The number of likely N-dealkylation sites (N-methyl/N-ethyl adjacent to an activating group) is 1. The average Bonchev–Trinajstić information content (AvgIpc) is 2.75. The van der Waals surface area contributed by atoms with E-state index in [1.807, 2.05) is 49.3 Å². The molecule has 0 aliphatic carbocycles. The molecule has 126 valence electrons. The Hall–Kier alpha value is -2.29. The first kappa shape index (κ1) is 16.6. The molecule has 1 aliphatic rings. The van der Waals surface area contributed by atoms with Crippen LogP contribution in [0.4, 0.5) is 11.4 Å². The summed E-state index contributed by atoms with van der Waals surface area (Å²) in [5.41, 5.74) is 5.12. The molecule has 0 bridgehead atoms. The van der Waals surface area contributed by atoms with E-state index >= 15 is 0 Å². The van der Waals surface area contributed by atoms with E-state index in [0.717, 1.165) is 16.8 Å². The molecule has 0 fully saturated rings. The number of carbonyl (C=O) groups is 1. The van der Waals surface area contributed by atoms with Crippen LogP contribution in [0.25, 0.3) is 0 Å². The first-order chi connectivity index (χ1) is 11.2. The van der Waals surface area contributed by atoms with Gasteiger partial charge in [0, 0.05) is 55.1 Å². The summed E-state index contributed by atoms with van der Waals surface area (Å²) >= 11 is 0. The van der Waals surface area contributed by atoms with Crippen molar-refractivity contribution in [3.63, 3.8) is 0 Å². The van der Waals surface area contributed by atoms with Crippen molar-refractivity contribution in [3.05, 3.63) is 59.2 Å². The van der Waals surface area contributed by atoms with Gasteiger partial charge >= 0.3 is 0 Å². The molecular formula is C21H26N2O. The fraction of sp³-hybridized carbons (Fsp3) is 0.381. The van der Waals surface area contributed by atoms with Gasteiger partial charge in [-0.2, -0.15) is 0 Å². The highest BCUT2D eigenvalue weighted by Gasteiger charge is 2.40. The van der Waals surface area contributed by atoms with Crippen molar-refractivity contribution in [2.75, 3.05) is 30.9 Å². The van der Waals surface area contributed by atoms with E-state index < -0.39 is 0 Å². The number of nitrogens with zero attached hydrogens (tertiary/aromatic N) is 2. The van der Waals surface area contributed by atoms with E-state index in [2.05, 4.69) is 44.9 Å². The van der Waals surface area contributed by atoms with Crippen LogP contribution in [0.15, 0.2) is 42.5 Å². The van der Waals surface area contributed by atoms with Crippen LogP contribution in [0.1, 0.15) is 42.3 Å². The number of benzene rings is 2. The van der Waals surface area contributed by atoms with E-state index in [-0.39, 0.29) is 11.2 Å². The van der Waals surface area contributed by atoms with Crippen LogP contribution >= 0.6 is 0 Å². The number of rotatable bonds is 3. The summed E-state index contributed by atoms with van der Waals surface area (Å²) in [7, 11) is 6.12. The third kappa shape index (κ3) is 2.48. The average molecular weight is 322 g/mol. The van der Waals surface area contributed by atoms with E-state index in [1.54, 1.807) is 0 Å². The van der Waals surface area contributed by atoms with E-state index in [0.29, 0.717) is 6.04 Å². The molecule has 3 heteroatoms. The quantitative estimate of drug-likeness (QED) is 0.795. The highest BCUT2D eigenvalue weighted by atomic mass is 16.1. The second-order valence-corrected chi connectivity index (χ2v) is 7.51. The van der Waals surface area contributed by atoms with Crippen LogP contribution < -0.4 is 9.80 Å². The fourth-order valence-corrected chi connectivity index (χ4v) is 3.50. The molecule has 2 aromatic rings. The van der Waals surface area contributed by atoms with Gasteiger partial charge in [0.2, 0.25) is 0 Å². The van der Waals surface area contributed by atoms with Gasteiger partial charge in [-0.15, -0.1) is 0 Å². The van der Waals surface area contributed by atoms with Gasteiger partial charge in [-0.05, 0) is 55.0 Å². The van der Waals surface area contributed by atoms with Crippen LogP contribution in [-0.4, -0.2) is 33.0 Å². The Kier molecular flexibility index (Phi) is 3.90. The molecule has 0 aromatic heterocycles. The number of ketones is 1. The Morgan fingerprint density at radius 1 is 1.04 bits per heavy atom. The highest BCUT2D eigenvalue weighted by Crippen LogP contribution is 2.44. The Labute approximate surface area is 144 Å². The predicted octanol–water partition coefficient (Wildman–Crippen LogP) is 4.10. The Bertz CT molecular complexity index is 775. The molecule has 24 heavy (non-hydrogen) atoms. The minimum atomic E-state index is 0.0369. The topological polar surface area (TPSA) is 23.6 Å². The SMILES string of the molecule is CC1N(C)c2ccc(C(=O)c3ccc(N(C)C)cc3)cc2C1(C)C. The lowest BCUT2D eigenvalue weighted by atomic mass is 9.80. The molecule has 0 saturated carbocycles. The number of hydrogen-bond acceptors (Lipinski definition) is 3. The summed E-state index contributed by atoms with van der Waals surface area (Å²) in [6.45, 7) is 6.74. The maximum atomic E-state index is 12.9. The monoisotopic (exact) mass is 322 g/mol. The van der Waals surface area contributed by atoms with Crippen LogP contribution in [0.2, 0.25) is 0 Å². The summed E-state index contributed by atoms with van der Waals surface area (Å²) in [5, 5.41) is 0. The standard InChI is InChI=1S/C21H26N2O/c1-14-21(2,3)18-13-16(9-12-19(18)23(14)6)20(24)15-7-10-17(11-8-15)22(4)5/h7-14H,1-6H3. The van der Waals surface area contributed by atoms with Gasteiger partial charge in [-0.1, -0.05) is 13.8 Å².